The molecule has 0 radical (unpaired) electrons. The summed E-state index contributed by atoms with van der Waals surface area (Å²) >= 11 is 0. The summed E-state index contributed by atoms with van der Waals surface area (Å²) in [5.41, 5.74) is 4.27. The summed E-state index contributed by atoms with van der Waals surface area (Å²) in [5, 5.41) is 0. The molecule has 0 spiro atoms. The second-order valence-corrected chi connectivity index (χ2v) is 7.77. The van der Waals surface area contributed by atoms with Gasteiger partial charge in [0, 0.05) is 42.9 Å². The first kappa shape index (κ1) is 17.1. The Hall–Kier alpha value is -2.36. The van der Waals surface area contributed by atoms with Gasteiger partial charge in [-0.3, -0.25) is 9.78 Å². The minimum absolute atomic E-state index is 0.180. The average molecular weight is 350 g/mol. The number of ether oxygens (including phenoxy) is 1. The van der Waals surface area contributed by atoms with Gasteiger partial charge in [-0.05, 0) is 56.9 Å². The number of carbonyl (C=O) groups is 1. The van der Waals surface area contributed by atoms with Gasteiger partial charge >= 0.3 is 0 Å². The lowest BCUT2D eigenvalue weighted by Gasteiger charge is -2.39. The molecule has 0 aliphatic carbocycles. The lowest BCUT2D eigenvalue weighted by molar-refractivity contribution is 0.0357. The number of aromatic nitrogens is 1. The largest absolute Gasteiger partial charge is 0.490 e. The zero-order chi connectivity index (χ0) is 18.3. The number of pyridine rings is 1. The van der Waals surface area contributed by atoms with Gasteiger partial charge in [-0.2, -0.15) is 0 Å². The molecule has 2 saturated heterocycles. The SMILES string of the molecule is Cc1cc(C)c(C(=O)N2C3CCC2CC(Oc2ccncc2)C3)c(C)c1. The maximum atomic E-state index is 13.4. The first-order valence-electron chi connectivity index (χ1n) is 9.50. The highest BCUT2D eigenvalue weighted by molar-refractivity contribution is 5.97. The van der Waals surface area contributed by atoms with E-state index in [0.717, 1.165) is 48.1 Å². The van der Waals surface area contributed by atoms with Crippen LogP contribution in [0, 0.1) is 20.8 Å². The molecule has 136 valence electrons. The van der Waals surface area contributed by atoms with Crippen molar-refractivity contribution in [1.82, 2.24) is 9.88 Å². The minimum Gasteiger partial charge on any atom is -0.490 e. The quantitative estimate of drug-likeness (QED) is 0.832. The second kappa shape index (κ2) is 6.75. The average Bonchev–Trinajstić information content (AvgIpc) is 2.86. The molecule has 2 unspecified atom stereocenters. The molecule has 2 aliphatic heterocycles. The molecule has 4 rings (SSSR count). The first-order chi connectivity index (χ1) is 12.5. The van der Waals surface area contributed by atoms with Crippen LogP contribution in [-0.2, 0) is 0 Å². The van der Waals surface area contributed by atoms with E-state index in [1.54, 1.807) is 12.4 Å². The summed E-state index contributed by atoms with van der Waals surface area (Å²) in [5.74, 6) is 1.07. The Morgan fingerprint density at radius 1 is 1.04 bits per heavy atom. The Balaban J connectivity index is 1.53. The molecule has 2 bridgehead atoms. The predicted octanol–water partition coefficient (Wildman–Crippen LogP) is 4.22. The lowest BCUT2D eigenvalue weighted by atomic mass is 9.94. The summed E-state index contributed by atoms with van der Waals surface area (Å²) in [6.45, 7) is 6.18. The number of hydrogen-bond donors (Lipinski definition) is 0. The number of carbonyl (C=O) groups excluding carboxylic acids is 1. The van der Waals surface area contributed by atoms with Crippen LogP contribution in [0.2, 0.25) is 0 Å². The van der Waals surface area contributed by atoms with Crippen molar-refractivity contribution in [2.45, 2.75) is 64.6 Å². The molecular formula is C22H26N2O2. The Morgan fingerprint density at radius 2 is 1.62 bits per heavy atom. The highest BCUT2D eigenvalue weighted by atomic mass is 16.5. The second-order valence-electron chi connectivity index (χ2n) is 7.77. The van der Waals surface area contributed by atoms with Crippen molar-refractivity contribution >= 4 is 5.91 Å². The molecule has 2 fully saturated rings. The van der Waals surface area contributed by atoms with Crippen molar-refractivity contribution in [2.24, 2.45) is 0 Å². The smallest absolute Gasteiger partial charge is 0.254 e. The molecule has 3 heterocycles. The predicted molar refractivity (Wildman–Crippen MR) is 102 cm³/mol. The highest BCUT2D eigenvalue weighted by Gasteiger charge is 2.44. The molecule has 2 atom stereocenters. The van der Waals surface area contributed by atoms with Gasteiger partial charge in [0.25, 0.3) is 5.91 Å². The Morgan fingerprint density at radius 3 is 2.19 bits per heavy atom. The highest BCUT2D eigenvalue weighted by Crippen LogP contribution is 2.39. The van der Waals surface area contributed by atoms with Gasteiger partial charge in [-0.15, -0.1) is 0 Å². The van der Waals surface area contributed by atoms with Crippen LogP contribution >= 0.6 is 0 Å². The van der Waals surface area contributed by atoms with Gasteiger partial charge in [-0.1, -0.05) is 17.7 Å². The molecule has 2 aliphatic rings. The third-order valence-corrected chi connectivity index (χ3v) is 5.77. The van der Waals surface area contributed by atoms with Crippen molar-refractivity contribution in [1.29, 1.82) is 0 Å². The molecule has 1 aromatic carbocycles. The summed E-state index contributed by atoms with van der Waals surface area (Å²) in [6.07, 6.45) is 7.67. The van der Waals surface area contributed by atoms with E-state index in [4.69, 9.17) is 4.74 Å². The van der Waals surface area contributed by atoms with E-state index in [1.807, 2.05) is 12.1 Å². The van der Waals surface area contributed by atoms with Crippen LogP contribution < -0.4 is 4.74 Å². The topological polar surface area (TPSA) is 42.4 Å². The van der Waals surface area contributed by atoms with Crippen LogP contribution in [0.1, 0.15) is 52.7 Å². The molecule has 1 amide bonds. The van der Waals surface area contributed by atoms with Gasteiger partial charge in [0.05, 0.1) is 0 Å². The monoisotopic (exact) mass is 350 g/mol. The van der Waals surface area contributed by atoms with Gasteiger partial charge in [-0.25, -0.2) is 0 Å². The normalized spacial score (nSPS) is 24.6. The number of rotatable bonds is 3. The van der Waals surface area contributed by atoms with E-state index < -0.39 is 0 Å². The van der Waals surface area contributed by atoms with Crippen LogP contribution in [0.4, 0.5) is 0 Å². The van der Waals surface area contributed by atoms with E-state index in [0.29, 0.717) is 0 Å². The zero-order valence-corrected chi connectivity index (χ0v) is 15.7. The third kappa shape index (κ3) is 3.09. The summed E-state index contributed by atoms with van der Waals surface area (Å²) in [4.78, 5) is 19.5. The van der Waals surface area contributed by atoms with Crippen LogP contribution in [0.3, 0.4) is 0 Å². The van der Waals surface area contributed by atoms with E-state index in [-0.39, 0.29) is 24.1 Å². The molecule has 0 N–H and O–H groups in total. The lowest BCUT2D eigenvalue weighted by Crippen LogP contribution is -2.49. The number of amides is 1. The number of fused-ring (bicyclic) bond motifs is 2. The minimum atomic E-state index is 0.180. The van der Waals surface area contributed by atoms with Crippen molar-refractivity contribution < 1.29 is 9.53 Å². The van der Waals surface area contributed by atoms with Crippen molar-refractivity contribution in [3.8, 4) is 5.75 Å². The standard InChI is InChI=1S/C22H26N2O2/c1-14-10-15(2)21(16(3)11-14)22(25)24-17-4-5-18(24)13-20(12-17)26-19-6-8-23-9-7-19/h6-11,17-18,20H,4-5,12-13H2,1-3H3. The fraction of sp³-hybridized carbons (Fsp3) is 0.455. The van der Waals surface area contributed by atoms with Crippen LogP contribution in [0.15, 0.2) is 36.7 Å². The maximum Gasteiger partial charge on any atom is 0.254 e. The number of benzene rings is 1. The molecule has 4 nitrogen and oxygen atoms in total. The van der Waals surface area contributed by atoms with Gasteiger partial charge in [0.15, 0.2) is 0 Å². The van der Waals surface area contributed by atoms with Crippen LogP contribution in [-0.4, -0.2) is 34.0 Å². The summed E-state index contributed by atoms with van der Waals surface area (Å²) in [6, 6.07) is 8.60. The van der Waals surface area contributed by atoms with Gasteiger partial charge in [0.1, 0.15) is 11.9 Å². The molecule has 0 saturated carbocycles. The van der Waals surface area contributed by atoms with E-state index in [2.05, 4.69) is 42.8 Å². The fourth-order valence-electron chi connectivity index (χ4n) is 4.81. The number of aryl methyl sites for hydroxylation is 3. The molecule has 26 heavy (non-hydrogen) atoms. The fourth-order valence-corrected chi connectivity index (χ4v) is 4.81. The maximum absolute atomic E-state index is 13.4. The van der Waals surface area contributed by atoms with Crippen molar-refractivity contribution in [3.63, 3.8) is 0 Å². The zero-order valence-electron chi connectivity index (χ0n) is 15.7. The van der Waals surface area contributed by atoms with Crippen LogP contribution in [0.5, 0.6) is 5.75 Å². The third-order valence-electron chi connectivity index (χ3n) is 5.77. The number of nitrogens with zero attached hydrogens (tertiary/aromatic N) is 2. The van der Waals surface area contributed by atoms with Crippen molar-refractivity contribution in [2.75, 3.05) is 0 Å². The molecular weight excluding hydrogens is 324 g/mol. The molecule has 1 aromatic heterocycles. The summed E-state index contributed by atoms with van der Waals surface area (Å²) < 4.78 is 6.16. The first-order valence-corrected chi connectivity index (χ1v) is 9.50. The van der Waals surface area contributed by atoms with E-state index >= 15 is 0 Å². The Labute approximate surface area is 155 Å². The van der Waals surface area contributed by atoms with Crippen LogP contribution in [0.25, 0.3) is 0 Å². The number of piperidine rings is 1. The Bertz CT molecular complexity index is 781. The molecule has 4 heteroatoms. The Kier molecular flexibility index (Phi) is 4.43. The van der Waals surface area contributed by atoms with Gasteiger partial charge < -0.3 is 9.64 Å². The number of hydrogen-bond acceptors (Lipinski definition) is 3. The van der Waals surface area contributed by atoms with E-state index in [1.165, 1.54) is 5.56 Å². The van der Waals surface area contributed by atoms with Gasteiger partial charge in [0.2, 0.25) is 0 Å². The van der Waals surface area contributed by atoms with E-state index in [9.17, 15) is 4.79 Å². The molecule has 2 aromatic rings. The van der Waals surface area contributed by atoms with Crippen molar-refractivity contribution in [3.05, 3.63) is 58.9 Å². The summed E-state index contributed by atoms with van der Waals surface area (Å²) in [7, 11) is 0.